The van der Waals surface area contributed by atoms with Crippen molar-refractivity contribution in [3.05, 3.63) is 57.8 Å². The molecule has 90 valence electrons. The Labute approximate surface area is 106 Å². The summed E-state index contributed by atoms with van der Waals surface area (Å²) in [7, 11) is 2.12. The molecule has 17 heavy (non-hydrogen) atoms. The van der Waals surface area contributed by atoms with Crippen molar-refractivity contribution >= 4 is 11.3 Å². The Kier molecular flexibility index (Phi) is 4.31. The van der Waals surface area contributed by atoms with Crippen LogP contribution in [0.1, 0.15) is 16.7 Å². The Bertz CT molecular complexity index is 436. The predicted octanol–water partition coefficient (Wildman–Crippen LogP) is 2.87. The van der Waals surface area contributed by atoms with Gasteiger partial charge in [0.2, 0.25) is 0 Å². The molecular formula is C14H17NOS. The van der Waals surface area contributed by atoms with Crippen molar-refractivity contribution in [2.45, 2.75) is 19.7 Å². The maximum absolute atomic E-state index is 8.97. The molecule has 0 spiro atoms. The number of hydrogen-bond donors (Lipinski definition) is 1. The average molecular weight is 247 g/mol. The Morgan fingerprint density at radius 2 is 1.65 bits per heavy atom. The minimum atomic E-state index is 0.116. The van der Waals surface area contributed by atoms with Gasteiger partial charge in [-0.05, 0) is 40.6 Å². The molecule has 0 aliphatic carbocycles. The molecule has 3 heteroatoms. The fourth-order valence-electron chi connectivity index (χ4n) is 1.81. The van der Waals surface area contributed by atoms with Gasteiger partial charge >= 0.3 is 0 Å². The molecule has 1 N–H and O–H groups in total. The fourth-order valence-corrected chi connectivity index (χ4v) is 2.47. The van der Waals surface area contributed by atoms with Gasteiger partial charge < -0.3 is 5.11 Å². The van der Waals surface area contributed by atoms with Gasteiger partial charge in [-0.25, -0.2) is 0 Å². The largest absolute Gasteiger partial charge is 0.392 e. The van der Waals surface area contributed by atoms with Crippen LogP contribution in [0.4, 0.5) is 0 Å². The molecule has 1 heterocycles. The topological polar surface area (TPSA) is 23.5 Å². The third-order valence-corrected chi connectivity index (χ3v) is 3.42. The summed E-state index contributed by atoms with van der Waals surface area (Å²) in [5.41, 5.74) is 3.61. The van der Waals surface area contributed by atoms with Crippen LogP contribution in [-0.4, -0.2) is 17.1 Å². The van der Waals surface area contributed by atoms with Gasteiger partial charge in [-0.15, -0.1) is 0 Å². The number of hydrogen-bond acceptors (Lipinski definition) is 3. The average Bonchev–Trinajstić information content (AvgIpc) is 2.82. The van der Waals surface area contributed by atoms with E-state index in [1.807, 2.05) is 12.1 Å². The molecule has 0 radical (unpaired) electrons. The first-order valence-corrected chi connectivity index (χ1v) is 6.60. The highest BCUT2D eigenvalue weighted by atomic mass is 32.1. The Balaban J connectivity index is 1.91. The summed E-state index contributed by atoms with van der Waals surface area (Å²) in [4.78, 5) is 2.29. The molecule has 2 rings (SSSR count). The Morgan fingerprint density at radius 3 is 2.24 bits per heavy atom. The first kappa shape index (κ1) is 12.3. The summed E-state index contributed by atoms with van der Waals surface area (Å²) in [5.74, 6) is 0. The number of thiophene rings is 1. The second kappa shape index (κ2) is 5.96. The molecule has 1 aromatic heterocycles. The van der Waals surface area contributed by atoms with Crippen molar-refractivity contribution in [3.8, 4) is 0 Å². The molecule has 0 atom stereocenters. The molecule has 2 aromatic rings. The maximum Gasteiger partial charge on any atom is 0.0681 e. The molecule has 0 aliphatic heterocycles. The lowest BCUT2D eigenvalue weighted by Crippen LogP contribution is -2.16. The van der Waals surface area contributed by atoms with E-state index in [1.54, 1.807) is 11.3 Å². The minimum Gasteiger partial charge on any atom is -0.392 e. The van der Waals surface area contributed by atoms with Crippen LogP contribution in [0.3, 0.4) is 0 Å². The van der Waals surface area contributed by atoms with Gasteiger partial charge in [-0.1, -0.05) is 24.3 Å². The van der Waals surface area contributed by atoms with E-state index in [4.69, 9.17) is 5.11 Å². The monoisotopic (exact) mass is 247 g/mol. The van der Waals surface area contributed by atoms with Crippen LogP contribution in [0.5, 0.6) is 0 Å². The van der Waals surface area contributed by atoms with Crippen LogP contribution in [0.25, 0.3) is 0 Å². The van der Waals surface area contributed by atoms with Gasteiger partial charge in [0.1, 0.15) is 0 Å². The highest BCUT2D eigenvalue weighted by Gasteiger charge is 2.02. The van der Waals surface area contributed by atoms with Crippen molar-refractivity contribution in [3.63, 3.8) is 0 Å². The van der Waals surface area contributed by atoms with Crippen LogP contribution in [0, 0.1) is 0 Å². The van der Waals surface area contributed by atoms with Crippen molar-refractivity contribution in [1.82, 2.24) is 4.90 Å². The molecule has 0 unspecified atom stereocenters. The second-order valence-corrected chi connectivity index (χ2v) is 5.06. The highest BCUT2D eigenvalue weighted by molar-refractivity contribution is 7.07. The van der Waals surface area contributed by atoms with Crippen molar-refractivity contribution < 1.29 is 5.11 Å². The molecule has 0 fully saturated rings. The van der Waals surface area contributed by atoms with E-state index in [1.165, 1.54) is 11.1 Å². The zero-order valence-corrected chi connectivity index (χ0v) is 10.8. The lowest BCUT2D eigenvalue weighted by Gasteiger charge is -2.16. The predicted molar refractivity (Wildman–Crippen MR) is 71.9 cm³/mol. The molecule has 0 saturated carbocycles. The minimum absolute atomic E-state index is 0.116. The summed E-state index contributed by atoms with van der Waals surface area (Å²) in [5, 5.41) is 13.3. The number of aliphatic hydroxyl groups excluding tert-OH is 1. The zero-order chi connectivity index (χ0) is 12.1. The quantitative estimate of drug-likeness (QED) is 0.878. The van der Waals surface area contributed by atoms with Gasteiger partial charge in [0.25, 0.3) is 0 Å². The van der Waals surface area contributed by atoms with E-state index in [0.29, 0.717) is 0 Å². The second-order valence-electron chi connectivity index (χ2n) is 4.28. The summed E-state index contributed by atoms with van der Waals surface area (Å²) in [6.45, 7) is 2.03. The normalized spacial score (nSPS) is 11.0. The smallest absolute Gasteiger partial charge is 0.0681 e. The molecule has 0 saturated heterocycles. The summed E-state index contributed by atoms with van der Waals surface area (Å²) >= 11 is 1.74. The summed E-state index contributed by atoms with van der Waals surface area (Å²) in [6.07, 6.45) is 0. The van der Waals surface area contributed by atoms with E-state index in [-0.39, 0.29) is 6.61 Å². The van der Waals surface area contributed by atoms with Crippen molar-refractivity contribution in [1.29, 1.82) is 0 Å². The molecule has 0 bridgehead atoms. The molecule has 0 aliphatic rings. The lowest BCUT2D eigenvalue weighted by atomic mass is 10.1. The van der Waals surface area contributed by atoms with Gasteiger partial charge in [-0.2, -0.15) is 11.3 Å². The van der Waals surface area contributed by atoms with Crippen LogP contribution in [0.15, 0.2) is 41.1 Å². The van der Waals surface area contributed by atoms with E-state index in [2.05, 4.69) is 40.9 Å². The Morgan fingerprint density at radius 1 is 1.00 bits per heavy atom. The summed E-state index contributed by atoms with van der Waals surface area (Å²) < 4.78 is 0. The third kappa shape index (κ3) is 3.66. The van der Waals surface area contributed by atoms with Crippen LogP contribution >= 0.6 is 11.3 Å². The van der Waals surface area contributed by atoms with Gasteiger partial charge in [0.05, 0.1) is 6.61 Å². The van der Waals surface area contributed by atoms with Crippen LogP contribution < -0.4 is 0 Å². The SMILES string of the molecule is CN(Cc1ccc(CO)cc1)Cc1ccsc1. The molecule has 0 amide bonds. The number of rotatable bonds is 5. The van der Waals surface area contributed by atoms with Gasteiger partial charge in [0, 0.05) is 13.1 Å². The molecule has 2 nitrogen and oxygen atoms in total. The lowest BCUT2D eigenvalue weighted by molar-refractivity contribution is 0.281. The van der Waals surface area contributed by atoms with Crippen molar-refractivity contribution in [2.75, 3.05) is 7.05 Å². The third-order valence-electron chi connectivity index (χ3n) is 2.69. The maximum atomic E-state index is 8.97. The van der Waals surface area contributed by atoms with E-state index < -0.39 is 0 Å². The number of benzene rings is 1. The van der Waals surface area contributed by atoms with Crippen LogP contribution in [0.2, 0.25) is 0 Å². The first-order valence-electron chi connectivity index (χ1n) is 5.66. The first-order chi connectivity index (χ1) is 8.28. The van der Waals surface area contributed by atoms with Gasteiger partial charge in [-0.3, -0.25) is 4.90 Å². The van der Waals surface area contributed by atoms with Crippen LogP contribution in [-0.2, 0) is 19.7 Å². The molecule has 1 aromatic carbocycles. The van der Waals surface area contributed by atoms with E-state index >= 15 is 0 Å². The molecular weight excluding hydrogens is 230 g/mol. The number of aliphatic hydroxyl groups is 1. The summed E-state index contributed by atoms with van der Waals surface area (Å²) in [6, 6.07) is 10.3. The van der Waals surface area contributed by atoms with E-state index in [0.717, 1.165) is 18.7 Å². The zero-order valence-electron chi connectivity index (χ0n) is 9.97. The fraction of sp³-hybridized carbons (Fsp3) is 0.286. The highest BCUT2D eigenvalue weighted by Crippen LogP contribution is 2.11. The standard InChI is InChI=1S/C14H17NOS/c1-15(9-14-6-7-17-11-14)8-12-2-4-13(10-16)5-3-12/h2-7,11,16H,8-10H2,1H3. The van der Waals surface area contributed by atoms with E-state index in [9.17, 15) is 0 Å². The Hall–Kier alpha value is -1.16. The number of nitrogens with zero attached hydrogens (tertiary/aromatic N) is 1. The van der Waals surface area contributed by atoms with Crippen molar-refractivity contribution in [2.24, 2.45) is 0 Å². The van der Waals surface area contributed by atoms with Gasteiger partial charge in [0.15, 0.2) is 0 Å².